The number of likely N-dealkylation sites (tertiary alicyclic amines) is 1. The van der Waals surface area contributed by atoms with E-state index < -0.39 is 24.9 Å². The summed E-state index contributed by atoms with van der Waals surface area (Å²) in [7, 11) is 1.57. The van der Waals surface area contributed by atoms with E-state index in [0.717, 1.165) is 16.9 Å². The first-order chi connectivity index (χ1) is 12.1. The number of amides is 1. The summed E-state index contributed by atoms with van der Waals surface area (Å²) < 4.78 is 42.2. The molecule has 0 aliphatic carbocycles. The molecule has 0 saturated carbocycles. The van der Waals surface area contributed by atoms with Crippen LogP contribution in [0.1, 0.15) is 47.2 Å². The Labute approximate surface area is 151 Å². The lowest BCUT2D eigenvalue weighted by molar-refractivity contribution is -0.149. The van der Waals surface area contributed by atoms with Gasteiger partial charge in [0.05, 0.1) is 13.5 Å². The quantitative estimate of drug-likeness (QED) is 0.733. The second kappa shape index (κ2) is 8.10. The molecule has 0 aromatic heterocycles. The molecule has 1 heterocycles. The highest BCUT2D eigenvalue weighted by atomic mass is 19.4. The summed E-state index contributed by atoms with van der Waals surface area (Å²) in [6.45, 7) is 4.30. The van der Waals surface area contributed by atoms with Gasteiger partial charge >= 0.3 is 6.18 Å². The molecular formula is C19H24F3NO3. The summed E-state index contributed by atoms with van der Waals surface area (Å²) in [4.78, 5) is 26.3. The monoisotopic (exact) mass is 371 g/mol. The normalized spacial score (nSPS) is 17.9. The van der Waals surface area contributed by atoms with Gasteiger partial charge in [0.25, 0.3) is 0 Å². The van der Waals surface area contributed by atoms with Gasteiger partial charge in [-0.25, -0.2) is 0 Å². The van der Waals surface area contributed by atoms with Crippen LogP contribution in [0.15, 0.2) is 12.1 Å². The van der Waals surface area contributed by atoms with Crippen LogP contribution in [0.2, 0.25) is 0 Å². The number of piperidine rings is 1. The molecule has 1 amide bonds. The fraction of sp³-hybridized carbons (Fsp3) is 0.579. The first-order valence-electron chi connectivity index (χ1n) is 8.66. The molecule has 144 valence electrons. The number of methoxy groups -OCH3 is 1. The maximum atomic E-state index is 12.8. The number of rotatable bonds is 5. The van der Waals surface area contributed by atoms with Crippen LogP contribution in [0.5, 0.6) is 5.75 Å². The van der Waals surface area contributed by atoms with Crippen molar-refractivity contribution in [2.75, 3.05) is 20.2 Å². The number of ether oxygens (including phenoxy) is 1. The van der Waals surface area contributed by atoms with Crippen molar-refractivity contribution in [3.8, 4) is 5.75 Å². The van der Waals surface area contributed by atoms with Gasteiger partial charge in [-0.3, -0.25) is 9.59 Å². The molecule has 2 rings (SSSR count). The molecular weight excluding hydrogens is 347 g/mol. The molecule has 0 spiro atoms. The van der Waals surface area contributed by atoms with E-state index >= 15 is 0 Å². The van der Waals surface area contributed by atoms with Gasteiger partial charge in [-0.2, -0.15) is 13.2 Å². The second-order valence-corrected chi connectivity index (χ2v) is 6.80. The molecule has 1 fully saturated rings. The summed E-state index contributed by atoms with van der Waals surface area (Å²) >= 11 is 0. The number of halogens is 3. The SMILES string of the molecule is COc1c(C)cc(C(=O)[C@@H]2CCCN(C(=O)CCC(F)(F)F)C2)cc1C. The Morgan fingerprint density at radius 3 is 2.38 bits per heavy atom. The van der Waals surface area contributed by atoms with Crippen molar-refractivity contribution < 1.29 is 27.5 Å². The number of aryl methyl sites for hydroxylation is 2. The summed E-state index contributed by atoms with van der Waals surface area (Å²) in [5.41, 5.74) is 2.25. The van der Waals surface area contributed by atoms with Crippen LogP contribution < -0.4 is 4.74 Å². The molecule has 1 saturated heterocycles. The Bertz CT molecular complexity index is 662. The molecule has 1 aromatic carbocycles. The number of carbonyl (C=O) groups excluding carboxylic acids is 2. The van der Waals surface area contributed by atoms with E-state index in [2.05, 4.69) is 0 Å². The maximum absolute atomic E-state index is 12.8. The van der Waals surface area contributed by atoms with E-state index in [-0.39, 0.29) is 18.2 Å². The Kier molecular flexibility index (Phi) is 6.31. The predicted octanol–water partition coefficient (Wildman–Crippen LogP) is 4.08. The molecule has 1 aromatic rings. The van der Waals surface area contributed by atoms with Crippen LogP contribution in [0.25, 0.3) is 0 Å². The van der Waals surface area contributed by atoms with Crippen LogP contribution in [-0.4, -0.2) is 43.0 Å². The van der Waals surface area contributed by atoms with Gasteiger partial charge in [0, 0.05) is 31.0 Å². The average Bonchev–Trinajstić information content (AvgIpc) is 2.58. The van der Waals surface area contributed by atoms with Crippen LogP contribution >= 0.6 is 0 Å². The number of hydrogen-bond acceptors (Lipinski definition) is 3. The minimum absolute atomic E-state index is 0.0767. The summed E-state index contributed by atoms with van der Waals surface area (Å²) in [6, 6.07) is 3.52. The van der Waals surface area contributed by atoms with E-state index in [1.165, 1.54) is 4.90 Å². The zero-order valence-electron chi connectivity index (χ0n) is 15.3. The van der Waals surface area contributed by atoms with Gasteiger partial charge in [-0.05, 0) is 49.9 Å². The number of nitrogens with zero attached hydrogens (tertiary/aromatic N) is 1. The Balaban J connectivity index is 2.07. The van der Waals surface area contributed by atoms with Crippen LogP contribution in [0.4, 0.5) is 13.2 Å². The molecule has 0 bridgehead atoms. The largest absolute Gasteiger partial charge is 0.496 e. The topological polar surface area (TPSA) is 46.6 Å². The summed E-state index contributed by atoms with van der Waals surface area (Å²) in [6.07, 6.45) is -4.80. The van der Waals surface area contributed by atoms with Gasteiger partial charge in [0.2, 0.25) is 5.91 Å². The molecule has 4 nitrogen and oxygen atoms in total. The lowest BCUT2D eigenvalue weighted by Crippen LogP contribution is -2.42. The molecule has 1 aliphatic rings. The zero-order valence-corrected chi connectivity index (χ0v) is 15.3. The van der Waals surface area contributed by atoms with E-state index in [4.69, 9.17) is 4.74 Å². The van der Waals surface area contributed by atoms with Crippen LogP contribution in [0, 0.1) is 19.8 Å². The van der Waals surface area contributed by atoms with Crippen molar-refractivity contribution in [2.45, 2.75) is 45.7 Å². The number of hydrogen-bond donors (Lipinski definition) is 0. The van der Waals surface area contributed by atoms with Gasteiger partial charge in [0.1, 0.15) is 5.75 Å². The standard InChI is InChI=1S/C19H24F3NO3/c1-12-9-15(10-13(2)18(12)26-3)17(25)14-5-4-8-23(11-14)16(24)6-7-19(20,21)22/h9-10,14H,4-8,11H2,1-3H3/t14-/m1/s1. The lowest BCUT2D eigenvalue weighted by atomic mass is 9.88. The highest BCUT2D eigenvalue weighted by Gasteiger charge is 2.32. The highest BCUT2D eigenvalue weighted by Crippen LogP contribution is 2.28. The summed E-state index contributed by atoms with van der Waals surface area (Å²) in [5.74, 6) is -0.269. The molecule has 7 heteroatoms. The fourth-order valence-corrected chi connectivity index (χ4v) is 3.47. The third kappa shape index (κ3) is 4.99. The van der Waals surface area contributed by atoms with Crippen molar-refractivity contribution in [3.05, 3.63) is 28.8 Å². The molecule has 1 atom stereocenters. The third-order valence-electron chi connectivity index (χ3n) is 4.72. The van der Waals surface area contributed by atoms with E-state index in [0.29, 0.717) is 24.9 Å². The lowest BCUT2D eigenvalue weighted by Gasteiger charge is -2.32. The van der Waals surface area contributed by atoms with Crippen molar-refractivity contribution in [1.29, 1.82) is 0 Å². The Morgan fingerprint density at radius 1 is 1.23 bits per heavy atom. The van der Waals surface area contributed by atoms with Crippen molar-refractivity contribution >= 4 is 11.7 Å². The number of alkyl halides is 3. The predicted molar refractivity (Wildman–Crippen MR) is 91.4 cm³/mol. The van der Waals surface area contributed by atoms with Crippen molar-refractivity contribution in [3.63, 3.8) is 0 Å². The van der Waals surface area contributed by atoms with Crippen LogP contribution in [0.3, 0.4) is 0 Å². The fourth-order valence-electron chi connectivity index (χ4n) is 3.47. The van der Waals surface area contributed by atoms with Gasteiger partial charge in [-0.1, -0.05) is 0 Å². The van der Waals surface area contributed by atoms with Gasteiger partial charge in [-0.15, -0.1) is 0 Å². The number of Topliss-reactive ketones (excluding diaryl/α,β-unsaturated/α-hetero) is 1. The highest BCUT2D eigenvalue weighted by molar-refractivity contribution is 5.99. The molecule has 0 radical (unpaired) electrons. The van der Waals surface area contributed by atoms with Gasteiger partial charge in [0.15, 0.2) is 5.78 Å². The Hall–Kier alpha value is -2.05. The number of ketones is 1. The smallest absolute Gasteiger partial charge is 0.389 e. The third-order valence-corrected chi connectivity index (χ3v) is 4.72. The number of benzene rings is 1. The summed E-state index contributed by atoms with van der Waals surface area (Å²) in [5, 5.41) is 0. The molecule has 1 aliphatic heterocycles. The zero-order chi connectivity index (χ0) is 19.5. The number of carbonyl (C=O) groups is 2. The molecule has 26 heavy (non-hydrogen) atoms. The second-order valence-electron chi connectivity index (χ2n) is 6.80. The van der Waals surface area contributed by atoms with E-state index in [1.807, 2.05) is 13.8 Å². The first kappa shape index (κ1) is 20.3. The average molecular weight is 371 g/mol. The van der Waals surface area contributed by atoms with Gasteiger partial charge < -0.3 is 9.64 Å². The van der Waals surface area contributed by atoms with E-state index in [9.17, 15) is 22.8 Å². The van der Waals surface area contributed by atoms with Crippen LogP contribution in [-0.2, 0) is 4.79 Å². The minimum Gasteiger partial charge on any atom is -0.496 e. The first-order valence-corrected chi connectivity index (χ1v) is 8.66. The molecule has 0 N–H and O–H groups in total. The minimum atomic E-state index is -4.35. The van der Waals surface area contributed by atoms with Crippen molar-refractivity contribution in [1.82, 2.24) is 4.90 Å². The van der Waals surface area contributed by atoms with E-state index in [1.54, 1.807) is 19.2 Å². The maximum Gasteiger partial charge on any atom is 0.389 e. The molecule has 0 unspecified atom stereocenters. The Morgan fingerprint density at radius 2 is 1.85 bits per heavy atom. The van der Waals surface area contributed by atoms with Crippen molar-refractivity contribution in [2.24, 2.45) is 5.92 Å².